The molecule has 2 aliphatic rings. The van der Waals surface area contributed by atoms with Crippen LogP contribution in [-0.4, -0.2) is 34.2 Å². The number of esters is 1. The molecule has 7 heteroatoms. The first kappa shape index (κ1) is 16.0. The summed E-state index contributed by atoms with van der Waals surface area (Å²) < 4.78 is 6.24. The Morgan fingerprint density at radius 1 is 1.16 bits per heavy atom. The van der Waals surface area contributed by atoms with E-state index in [0.717, 1.165) is 15.1 Å². The van der Waals surface area contributed by atoms with E-state index in [1.807, 2.05) is 36.4 Å². The Hall–Kier alpha value is -2.54. The third-order valence-electron chi connectivity index (χ3n) is 4.58. The average molecular weight is 356 g/mol. The van der Waals surface area contributed by atoms with E-state index in [2.05, 4.69) is 4.98 Å². The molecule has 1 aliphatic carbocycles. The first-order chi connectivity index (χ1) is 12.1. The van der Waals surface area contributed by atoms with E-state index >= 15 is 0 Å². The Labute approximate surface area is 148 Å². The maximum atomic E-state index is 12.3. The molecule has 0 radical (unpaired) electrons. The number of carbonyl (C=O) groups is 3. The van der Waals surface area contributed by atoms with Crippen molar-refractivity contribution in [3.05, 3.63) is 41.4 Å². The number of thiazole rings is 1. The average Bonchev–Trinajstić information content (AvgIpc) is 3.15. The van der Waals surface area contributed by atoms with Gasteiger partial charge in [-0.3, -0.25) is 19.3 Å². The molecular weight excluding hydrogens is 340 g/mol. The number of imide groups is 1. The van der Waals surface area contributed by atoms with Crippen molar-refractivity contribution < 1.29 is 19.1 Å². The maximum Gasteiger partial charge on any atom is 0.326 e. The summed E-state index contributed by atoms with van der Waals surface area (Å²) in [6, 6.07) is 7.68. The topological polar surface area (TPSA) is 76.6 Å². The molecule has 4 rings (SSSR count). The number of para-hydroxylation sites is 1. The van der Waals surface area contributed by atoms with Gasteiger partial charge in [0.15, 0.2) is 0 Å². The molecule has 2 unspecified atom stereocenters. The van der Waals surface area contributed by atoms with E-state index in [9.17, 15) is 14.4 Å². The maximum absolute atomic E-state index is 12.3. The summed E-state index contributed by atoms with van der Waals surface area (Å²) in [6.45, 7) is -0.279. The molecule has 2 aromatic rings. The number of carbonyl (C=O) groups excluding carboxylic acids is 3. The summed E-state index contributed by atoms with van der Waals surface area (Å²) in [4.78, 5) is 42.2. The minimum Gasteiger partial charge on any atom is -0.457 e. The lowest BCUT2D eigenvalue weighted by Gasteiger charge is -2.14. The highest BCUT2D eigenvalue weighted by Gasteiger charge is 2.47. The van der Waals surface area contributed by atoms with Crippen molar-refractivity contribution in [3.63, 3.8) is 0 Å². The third-order valence-corrected chi connectivity index (χ3v) is 5.59. The lowest BCUT2D eigenvalue weighted by atomic mass is 9.85. The van der Waals surface area contributed by atoms with Crippen LogP contribution in [0, 0.1) is 11.8 Å². The number of rotatable bonds is 4. The second-order valence-electron chi connectivity index (χ2n) is 6.15. The zero-order valence-corrected chi connectivity index (χ0v) is 14.2. The summed E-state index contributed by atoms with van der Waals surface area (Å²) >= 11 is 1.46. The molecule has 0 bridgehead atoms. The summed E-state index contributed by atoms with van der Waals surface area (Å²) in [5, 5.41) is 0.687. The number of hydrogen-bond acceptors (Lipinski definition) is 6. The smallest absolute Gasteiger partial charge is 0.326 e. The minimum absolute atomic E-state index is 0.0445. The summed E-state index contributed by atoms with van der Waals surface area (Å²) in [7, 11) is 0. The van der Waals surface area contributed by atoms with Gasteiger partial charge >= 0.3 is 5.97 Å². The highest BCUT2D eigenvalue weighted by molar-refractivity contribution is 7.18. The zero-order valence-electron chi connectivity index (χ0n) is 13.4. The first-order valence-corrected chi connectivity index (χ1v) is 8.95. The fourth-order valence-electron chi connectivity index (χ4n) is 3.32. The number of fused-ring (bicyclic) bond motifs is 2. The van der Waals surface area contributed by atoms with Crippen LogP contribution < -0.4 is 0 Å². The number of amides is 2. The number of nitrogens with zero attached hydrogens (tertiary/aromatic N) is 2. The van der Waals surface area contributed by atoms with Gasteiger partial charge in [0.2, 0.25) is 11.8 Å². The number of benzene rings is 1. The number of hydrogen-bond donors (Lipinski definition) is 0. The summed E-state index contributed by atoms with van der Waals surface area (Å²) in [6.07, 6.45) is 4.96. The molecule has 0 N–H and O–H groups in total. The van der Waals surface area contributed by atoms with Crippen LogP contribution in [0.5, 0.6) is 0 Å². The molecule has 2 heterocycles. The fraction of sp³-hybridized carbons (Fsp3) is 0.333. The van der Waals surface area contributed by atoms with Crippen LogP contribution in [0.1, 0.15) is 17.8 Å². The lowest BCUT2D eigenvalue weighted by Crippen LogP contribution is -2.36. The molecule has 1 aliphatic heterocycles. The van der Waals surface area contributed by atoms with Gasteiger partial charge in [0.1, 0.15) is 18.2 Å². The molecule has 128 valence electrons. The van der Waals surface area contributed by atoms with Gasteiger partial charge in [-0.1, -0.05) is 24.3 Å². The van der Waals surface area contributed by atoms with Crippen LogP contribution in [0.25, 0.3) is 10.2 Å². The van der Waals surface area contributed by atoms with Crippen molar-refractivity contribution in [1.82, 2.24) is 9.88 Å². The Kier molecular flexibility index (Phi) is 4.09. The highest BCUT2D eigenvalue weighted by atomic mass is 32.1. The van der Waals surface area contributed by atoms with Crippen molar-refractivity contribution in [2.75, 3.05) is 6.54 Å². The van der Waals surface area contributed by atoms with Crippen molar-refractivity contribution in [2.24, 2.45) is 11.8 Å². The van der Waals surface area contributed by atoms with E-state index in [0.29, 0.717) is 17.8 Å². The largest absolute Gasteiger partial charge is 0.457 e. The van der Waals surface area contributed by atoms with E-state index in [4.69, 9.17) is 4.74 Å². The van der Waals surface area contributed by atoms with Gasteiger partial charge in [0, 0.05) is 0 Å². The normalized spacial score (nSPS) is 22.5. The van der Waals surface area contributed by atoms with Crippen LogP contribution in [-0.2, 0) is 25.7 Å². The predicted octanol–water partition coefficient (Wildman–Crippen LogP) is 2.29. The van der Waals surface area contributed by atoms with Gasteiger partial charge in [-0.15, -0.1) is 11.3 Å². The van der Waals surface area contributed by atoms with Crippen molar-refractivity contribution >= 4 is 39.3 Å². The predicted molar refractivity (Wildman–Crippen MR) is 91.5 cm³/mol. The van der Waals surface area contributed by atoms with Gasteiger partial charge < -0.3 is 4.74 Å². The Balaban J connectivity index is 1.37. The number of allylic oxidation sites excluding steroid dienone is 2. The van der Waals surface area contributed by atoms with Gasteiger partial charge in [-0.25, -0.2) is 4.98 Å². The van der Waals surface area contributed by atoms with Crippen molar-refractivity contribution in [3.8, 4) is 0 Å². The Bertz CT molecular complexity index is 829. The van der Waals surface area contributed by atoms with Crippen molar-refractivity contribution in [2.45, 2.75) is 19.4 Å². The van der Waals surface area contributed by atoms with Crippen LogP contribution in [0.3, 0.4) is 0 Å². The van der Waals surface area contributed by atoms with E-state index < -0.39 is 5.97 Å². The zero-order chi connectivity index (χ0) is 17.4. The standard InChI is InChI=1S/C18H16N2O4S/c21-16(24-10-15-19-13-7-3-4-8-14(13)25-15)9-20-17(22)11-5-1-2-6-12(11)18(20)23/h1-4,7-8,11-12H,5-6,9-10H2. The molecule has 2 atom stereocenters. The van der Waals surface area contributed by atoms with Gasteiger partial charge in [-0.05, 0) is 25.0 Å². The Morgan fingerprint density at radius 2 is 1.84 bits per heavy atom. The summed E-state index contributed by atoms with van der Waals surface area (Å²) in [5.74, 6) is -1.77. The number of likely N-dealkylation sites (tertiary alicyclic amines) is 1. The second-order valence-corrected chi connectivity index (χ2v) is 7.27. The quantitative estimate of drug-likeness (QED) is 0.477. The van der Waals surface area contributed by atoms with Gasteiger partial charge in [-0.2, -0.15) is 0 Å². The fourth-order valence-corrected chi connectivity index (χ4v) is 4.20. The molecule has 1 fully saturated rings. The van der Waals surface area contributed by atoms with Crippen LogP contribution in [0.4, 0.5) is 0 Å². The lowest BCUT2D eigenvalue weighted by molar-refractivity contribution is -0.153. The Morgan fingerprint density at radius 3 is 2.52 bits per heavy atom. The van der Waals surface area contributed by atoms with Gasteiger partial charge in [0.25, 0.3) is 0 Å². The molecule has 0 spiro atoms. The molecule has 6 nitrogen and oxygen atoms in total. The summed E-state index contributed by atoms with van der Waals surface area (Å²) in [5.41, 5.74) is 0.861. The molecule has 1 aromatic heterocycles. The van der Waals surface area contributed by atoms with E-state index in [1.54, 1.807) is 0 Å². The van der Waals surface area contributed by atoms with Crippen LogP contribution in [0.15, 0.2) is 36.4 Å². The minimum atomic E-state index is -0.590. The first-order valence-electron chi connectivity index (χ1n) is 8.14. The van der Waals surface area contributed by atoms with Crippen LogP contribution >= 0.6 is 11.3 Å². The van der Waals surface area contributed by atoms with Gasteiger partial charge in [0.05, 0.1) is 22.1 Å². The molecule has 1 saturated heterocycles. The molecule has 1 aromatic carbocycles. The number of ether oxygens (including phenoxy) is 1. The van der Waals surface area contributed by atoms with E-state index in [-0.39, 0.29) is 36.8 Å². The second kappa shape index (κ2) is 6.40. The molecule has 2 amide bonds. The number of aromatic nitrogens is 1. The third kappa shape index (κ3) is 2.95. The van der Waals surface area contributed by atoms with Crippen LogP contribution in [0.2, 0.25) is 0 Å². The van der Waals surface area contributed by atoms with E-state index in [1.165, 1.54) is 11.3 Å². The highest BCUT2D eigenvalue weighted by Crippen LogP contribution is 2.34. The monoisotopic (exact) mass is 356 g/mol. The SMILES string of the molecule is O=C(CN1C(=O)C2CC=CCC2C1=O)OCc1nc2ccccc2s1. The molecule has 25 heavy (non-hydrogen) atoms. The molecule has 0 saturated carbocycles. The molecular formula is C18H16N2O4S. The van der Waals surface area contributed by atoms with Crippen molar-refractivity contribution in [1.29, 1.82) is 0 Å².